The maximum Gasteiger partial charge on any atom is 0.318 e. The number of rotatable bonds is 5. The van der Waals surface area contributed by atoms with Crippen LogP contribution in [0, 0.1) is 0 Å². The van der Waals surface area contributed by atoms with Crippen LogP contribution in [0.5, 0.6) is 0 Å². The molecule has 0 amide bonds. The van der Waals surface area contributed by atoms with Crippen LogP contribution in [0.4, 0.5) is 0 Å². The van der Waals surface area contributed by atoms with Gasteiger partial charge in [-0.3, -0.25) is 4.79 Å². The molecule has 0 radical (unpaired) electrons. The predicted molar refractivity (Wildman–Crippen MR) is 63.8 cm³/mol. The highest BCUT2D eigenvalue weighted by Gasteiger charge is 2.31. The summed E-state index contributed by atoms with van der Waals surface area (Å²) in [5.74, 6) is -1.15. The van der Waals surface area contributed by atoms with Gasteiger partial charge in [-0.25, -0.2) is 0 Å². The lowest BCUT2D eigenvalue weighted by Crippen LogP contribution is -2.47. The highest BCUT2D eigenvalue weighted by atomic mass is 32.2. The lowest BCUT2D eigenvalue weighted by Gasteiger charge is -2.32. The number of hydrogen-bond donors (Lipinski definition) is 1. The minimum atomic E-state index is -3.65. The largest absolute Gasteiger partial charge is 0.480 e. The van der Waals surface area contributed by atoms with Gasteiger partial charge in [0, 0.05) is 20.1 Å². The van der Waals surface area contributed by atoms with Gasteiger partial charge in [0.15, 0.2) is 0 Å². The van der Waals surface area contributed by atoms with Crippen LogP contribution in [0.2, 0.25) is 0 Å². The van der Waals surface area contributed by atoms with Crippen molar-refractivity contribution in [3.8, 4) is 0 Å². The van der Waals surface area contributed by atoms with Crippen LogP contribution in [0.3, 0.4) is 0 Å². The maximum absolute atomic E-state index is 12.1. The first-order valence-corrected chi connectivity index (χ1v) is 7.16. The topological polar surface area (TPSA) is 77.9 Å². The zero-order valence-corrected chi connectivity index (χ0v) is 11.1. The van der Waals surface area contributed by atoms with Gasteiger partial charge in [0.05, 0.1) is 0 Å². The third kappa shape index (κ3) is 3.65. The summed E-state index contributed by atoms with van der Waals surface area (Å²) < 4.78 is 26.3. The molecule has 1 aliphatic rings. The van der Waals surface area contributed by atoms with E-state index >= 15 is 0 Å². The first-order valence-electron chi connectivity index (χ1n) is 5.77. The van der Waals surface area contributed by atoms with Crippen molar-refractivity contribution >= 4 is 16.2 Å². The quantitative estimate of drug-likeness (QED) is 0.785. The smallest absolute Gasteiger partial charge is 0.318 e. The zero-order valence-electron chi connectivity index (χ0n) is 10.3. The van der Waals surface area contributed by atoms with E-state index in [1.165, 1.54) is 18.4 Å². The summed E-state index contributed by atoms with van der Waals surface area (Å²) >= 11 is 0. The number of carboxylic acid groups (broad SMARTS) is 1. The maximum atomic E-state index is 12.1. The van der Waals surface area contributed by atoms with Gasteiger partial charge in [-0.15, -0.1) is 0 Å². The van der Waals surface area contributed by atoms with Crippen molar-refractivity contribution in [3.63, 3.8) is 0 Å². The molecule has 0 atom stereocenters. The molecular formula is C10H20N2O4S. The van der Waals surface area contributed by atoms with Gasteiger partial charge in [-0.2, -0.15) is 17.0 Å². The van der Waals surface area contributed by atoms with Crippen LogP contribution in [0.1, 0.15) is 32.1 Å². The monoisotopic (exact) mass is 264 g/mol. The molecule has 7 heteroatoms. The van der Waals surface area contributed by atoms with E-state index in [2.05, 4.69) is 0 Å². The van der Waals surface area contributed by atoms with Crippen molar-refractivity contribution in [1.82, 2.24) is 8.61 Å². The van der Waals surface area contributed by atoms with Crippen molar-refractivity contribution in [2.75, 3.05) is 20.6 Å². The van der Waals surface area contributed by atoms with Gasteiger partial charge >= 0.3 is 5.97 Å². The number of aliphatic carboxylic acids is 1. The Balaban J connectivity index is 2.70. The fraction of sp³-hybridized carbons (Fsp3) is 0.900. The Morgan fingerprint density at radius 2 is 1.76 bits per heavy atom. The van der Waals surface area contributed by atoms with E-state index in [1.54, 1.807) is 0 Å². The molecule has 1 saturated carbocycles. The lowest BCUT2D eigenvalue weighted by molar-refractivity contribution is -0.137. The molecule has 1 N–H and O–H groups in total. The molecule has 1 fully saturated rings. The second-order valence-corrected chi connectivity index (χ2v) is 6.56. The summed E-state index contributed by atoms with van der Waals surface area (Å²) in [7, 11) is -0.822. The molecule has 0 aromatic heterocycles. The third-order valence-electron chi connectivity index (χ3n) is 3.20. The second-order valence-electron chi connectivity index (χ2n) is 4.47. The van der Waals surface area contributed by atoms with Crippen molar-refractivity contribution in [1.29, 1.82) is 0 Å². The molecule has 0 aromatic rings. The molecular weight excluding hydrogens is 244 g/mol. The standard InChI is InChI=1S/C10H20N2O4S/c1-11(8-10(13)14)17(15,16)12(2)9-6-4-3-5-7-9/h9H,3-8H2,1-2H3,(H,13,14). The Hall–Kier alpha value is -0.660. The summed E-state index contributed by atoms with van der Waals surface area (Å²) in [4.78, 5) is 10.5. The molecule has 0 saturated heterocycles. The molecule has 1 rings (SSSR count). The van der Waals surface area contributed by atoms with E-state index < -0.39 is 22.7 Å². The molecule has 0 heterocycles. The van der Waals surface area contributed by atoms with Crippen molar-refractivity contribution < 1.29 is 18.3 Å². The number of hydrogen-bond acceptors (Lipinski definition) is 3. The average Bonchev–Trinajstić information content (AvgIpc) is 2.28. The van der Waals surface area contributed by atoms with E-state index in [0.717, 1.165) is 36.4 Å². The molecule has 0 aliphatic heterocycles. The van der Waals surface area contributed by atoms with E-state index in [-0.39, 0.29) is 6.04 Å². The van der Waals surface area contributed by atoms with Crippen molar-refractivity contribution in [3.05, 3.63) is 0 Å². The highest BCUT2D eigenvalue weighted by Crippen LogP contribution is 2.24. The van der Waals surface area contributed by atoms with Crippen molar-refractivity contribution in [2.45, 2.75) is 38.1 Å². The van der Waals surface area contributed by atoms with E-state index in [0.29, 0.717) is 0 Å². The summed E-state index contributed by atoms with van der Waals surface area (Å²) in [5.41, 5.74) is 0. The van der Waals surface area contributed by atoms with Crippen LogP contribution >= 0.6 is 0 Å². The minimum Gasteiger partial charge on any atom is -0.480 e. The van der Waals surface area contributed by atoms with Gasteiger partial charge < -0.3 is 5.11 Å². The van der Waals surface area contributed by atoms with Gasteiger partial charge in [-0.1, -0.05) is 19.3 Å². The van der Waals surface area contributed by atoms with Gasteiger partial charge in [0.2, 0.25) is 0 Å². The average molecular weight is 264 g/mol. The van der Waals surface area contributed by atoms with Crippen LogP contribution in [-0.2, 0) is 15.0 Å². The molecule has 0 bridgehead atoms. The third-order valence-corrected chi connectivity index (χ3v) is 5.15. The predicted octanol–water partition coefficient (Wildman–Crippen LogP) is 0.512. The van der Waals surface area contributed by atoms with Gasteiger partial charge in [0.1, 0.15) is 6.54 Å². The van der Waals surface area contributed by atoms with Gasteiger partial charge in [0.25, 0.3) is 10.2 Å². The first-order chi connectivity index (χ1) is 7.85. The summed E-state index contributed by atoms with van der Waals surface area (Å²) in [6.07, 6.45) is 4.93. The Morgan fingerprint density at radius 1 is 1.24 bits per heavy atom. The van der Waals surface area contributed by atoms with E-state index in [9.17, 15) is 13.2 Å². The molecule has 100 valence electrons. The Morgan fingerprint density at radius 3 is 2.24 bits per heavy atom. The van der Waals surface area contributed by atoms with E-state index in [4.69, 9.17) is 5.11 Å². The normalized spacial score (nSPS) is 18.8. The number of carbonyl (C=O) groups is 1. The molecule has 0 aromatic carbocycles. The number of carboxylic acids is 1. The Kier molecular flexibility index (Phi) is 4.91. The summed E-state index contributed by atoms with van der Waals surface area (Å²) in [6, 6.07) is 0.00462. The van der Waals surface area contributed by atoms with Crippen molar-refractivity contribution in [2.24, 2.45) is 0 Å². The Labute approximate surface area is 102 Å². The van der Waals surface area contributed by atoms with E-state index in [1.807, 2.05) is 0 Å². The van der Waals surface area contributed by atoms with Crippen LogP contribution < -0.4 is 0 Å². The summed E-state index contributed by atoms with van der Waals surface area (Å²) in [6.45, 7) is -0.501. The van der Waals surface area contributed by atoms with Gasteiger partial charge in [-0.05, 0) is 12.8 Å². The first kappa shape index (κ1) is 14.4. The SMILES string of the molecule is CN(CC(=O)O)S(=O)(=O)N(C)C1CCCCC1. The van der Waals surface area contributed by atoms with Crippen LogP contribution in [0.15, 0.2) is 0 Å². The molecule has 17 heavy (non-hydrogen) atoms. The number of likely N-dealkylation sites (N-methyl/N-ethyl adjacent to an activating group) is 1. The molecule has 0 spiro atoms. The Bertz CT molecular complexity index is 363. The van der Waals surface area contributed by atoms with Crippen LogP contribution in [0.25, 0.3) is 0 Å². The zero-order chi connectivity index (χ0) is 13.1. The molecule has 6 nitrogen and oxygen atoms in total. The summed E-state index contributed by atoms with van der Waals surface area (Å²) in [5, 5.41) is 8.61. The second kappa shape index (κ2) is 5.79. The minimum absolute atomic E-state index is 0.00462. The lowest BCUT2D eigenvalue weighted by atomic mass is 9.96. The number of nitrogens with zero attached hydrogens (tertiary/aromatic N) is 2. The molecule has 0 unspecified atom stereocenters. The fourth-order valence-electron chi connectivity index (χ4n) is 2.12. The fourth-order valence-corrected chi connectivity index (χ4v) is 3.43. The van der Waals surface area contributed by atoms with Crippen LogP contribution in [-0.4, -0.2) is 54.8 Å². The molecule has 1 aliphatic carbocycles. The highest BCUT2D eigenvalue weighted by molar-refractivity contribution is 7.86.